The van der Waals surface area contributed by atoms with E-state index in [9.17, 15) is 9.59 Å². The van der Waals surface area contributed by atoms with E-state index in [-0.39, 0.29) is 24.5 Å². The van der Waals surface area contributed by atoms with Gasteiger partial charge in [-0.05, 0) is 43.9 Å². The molecule has 6 nitrogen and oxygen atoms in total. The van der Waals surface area contributed by atoms with Crippen molar-refractivity contribution in [3.8, 4) is 5.75 Å². The number of methoxy groups -OCH3 is 1. The van der Waals surface area contributed by atoms with Crippen LogP contribution in [-0.4, -0.2) is 66.1 Å². The summed E-state index contributed by atoms with van der Waals surface area (Å²) >= 11 is 0. The fourth-order valence-corrected chi connectivity index (χ4v) is 3.54. The Morgan fingerprint density at radius 1 is 1.21 bits per heavy atom. The van der Waals surface area contributed by atoms with Gasteiger partial charge in [0.05, 0.1) is 13.8 Å². The molecule has 0 N–H and O–H groups in total. The topological polar surface area (TPSA) is 53.1 Å². The van der Waals surface area contributed by atoms with Crippen LogP contribution in [0.25, 0.3) is 0 Å². The summed E-state index contributed by atoms with van der Waals surface area (Å²) in [6, 6.07) is 7.95. The number of rotatable bonds is 5. The number of amides is 3. The molecule has 6 heteroatoms. The lowest BCUT2D eigenvalue weighted by atomic mass is 9.98. The summed E-state index contributed by atoms with van der Waals surface area (Å²) in [5.74, 6) is 1.23. The largest absolute Gasteiger partial charge is 0.497 e. The number of hydrogen-bond donors (Lipinski definition) is 0. The summed E-state index contributed by atoms with van der Waals surface area (Å²) < 4.78 is 5.20. The molecule has 3 amide bonds. The number of carbonyl (C=O) groups excluding carboxylic acids is 2. The van der Waals surface area contributed by atoms with Gasteiger partial charge >= 0.3 is 6.03 Å². The van der Waals surface area contributed by atoms with E-state index in [1.54, 1.807) is 12.0 Å². The third-order valence-electron chi connectivity index (χ3n) is 4.82. The Bertz CT molecular complexity index is 614. The average Bonchev–Trinajstić information content (AvgIpc) is 3.13. The van der Waals surface area contributed by atoms with Gasteiger partial charge in [-0.25, -0.2) is 4.79 Å². The molecular formula is C18H25N3O3. The number of likely N-dealkylation sites (tertiary alicyclic amines) is 1. The molecule has 2 fully saturated rings. The first kappa shape index (κ1) is 16.8. The van der Waals surface area contributed by atoms with E-state index in [1.165, 1.54) is 10.5 Å². The molecule has 0 bridgehead atoms. The standard InChI is InChI=1S/C18H25N3O3/c1-13(2)21-17(22)11-20(18(21)23)12-19-9-8-15(10-19)14-4-6-16(24-3)7-5-14/h4-7,13,15H,8-12H2,1-3H3. The van der Waals surface area contributed by atoms with Crippen LogP contribution in [0.3, 0.4) is 0 Å². The van der Waals surface area contributed by atoms with Crippen LogP contribution >= 0.6 is 0 Å². The predicted octanol–water partition coefficient (Wildman–Crippen LogP) is 2.11. The lowest BCUT2D eigenvalue weighted by Crippen LogP contribution is -2.41. The molecule has 1 aromatic rings. The Balaban J connectivity index is 1.58. The van der Waals surface area contributed by atoms with E-state index >= 15 is 0 Å². The molecule has 24 heavy (non-hydrogen) atoms. The Morgan fingerprint density at radius 2 is 1.92 bits per heavy atom. The highest BCUT2D eigenvalue weighted by Gasteiger charge is 2.39. The van der Waals surface area contributed by atoms with E-state index < -0.39 is 0 Å². The quantitative estimate of drug-likeness (QED) is 0.776. The molecule has 1 atom stereocenters. The van der Waals surface area contributed by atoms with Gasteiger partial charge in [-0.3, -0.25) is 14.6 Å². The van der Waals surface area contributed by atoms with Crippen molar-refractivity contribution < 1.29 is 14.3 Å². The number of carbonyl (C=O) groups is 2. The van der Waals surface area contributed by atoms with Crippen LogP contribution in [-0.2, 0) is 4.79 Å². The fourth-order valence-electron chi connectivity index (χ4n) is 3.54. The number of benzene rings is 1. The summed E-state index contributed by atoms with van der Waals surface area (Å²) in [5.41, 5.74) is 1.30. The van der Waals surface area contributed by atoms with Crippen molar-refractivity contribution in [3.05, 3.63) is 29.8 Å². The second-order valence-corrected chi connectivity index (χ2v) is 6.82. The summed E-state index contributed by atoms with van der Waals surface area (Å²) in [6.07, 6.45) is 1.07. The minimum Gasteiger partial charge on any atom is -0.497 e. The third-order valence-corrected chi connectivity index (χ3v) is 4.82. The highest BCUT2D eigenvalue weighted by atomic mass is 16.5. The zero-order valence-corrected chi connectivity index (χ0v) is 14.6. The van der Waals surface area contributed by atoms with Crippen molar-refractivity contribution in [1.29, 1.82) is 0 Å². The molecule has 1 unspecified atom stereocenters. The Hall–Kier alpha value is -2.08. The van der Waals surface area contributed by atoms with Gasteiger partial charge in [0.2, 0.25) is 0 Å². The molecule has 1 aromatic carbocycles. The van der Waals surface area contributed by atoms with Crippen LogP contribution in [0.2, 0.25) is 0 Å². The number of hydrogen-bond acceptors (Lipinski definition) is 4. The molecule has 2 aliphatic heterocycles. The minimum absolute atomic E-state index is 0.0828. The van der Waals surface area contributed by atoms with Gasteiger partial charge < -0.3 is 9.64 Å². The highest BCUT2D eigenvalue weighted by Crippen LogP contribution is 2.29. The normalized spacial score (nSPS) is 22.1. The van der Waals surface area contributed by atoms with E-state index in [1.807, 2.05) is 26.0 Å². The molecule has 2 heterocycles. The van der Waals surface area contributed by atoms with Crippen LogP contribution in [0, 0.1) is 0 Å². The first-order chi connectivity index (χ1) is 11.5. The number of urea groups is 1. The van der Waals surface area contributed by atoms with Crippen molar-refractivity contribution >= 4 is 11.9 Å². The lowest BCUT2D eigenvalue weighted by molar-refractivity contribution is -0.126. The van der Waals surface area contributed by atoms with E-state index in [0.717, 1.165) is 25.3 Å². The smallest absolute Gasteiger partial charge is 0.328 e. The predicted molar refractivity (Wildman–Crippen MR) is 90.9 cm³/mol. The van der Waals surface area contributed by atoms with Crippen LogP contribution in [0.5, 0.6) is 5.75 Å². The van der Waals surface area contributed by atoms with Gasteiger partial charge in [0.15, 0.2) is 0 Å². The van der Waals surface area contributed by atoms with Crippen molar-refractivity contribution in [2.24, 2.45) is 0 Å². The molecule has 3 rings (SSSR count). The third kappa shape index (κ3) is 3.24. The van der Waals surface area contributed by atoms with Gasteiger partial charge in [-0.2, -0.15) is 0 Å². The van der Waals surface area contributed by atoms with Gasteiger partial charge in [0.25, 0.3) is 5.91 Å². The number of imide groups is 1. The van der Waals surface area contributed by atoms with Gasteiger partial charge in [0, 0.05) is 19.1 Å². The Morgan fingerprint density at radius 3 is 2.50 bits per heavy atom. The molecule has 0 spiro atoms. The Labute approximate surface area is 143 Å². The van der Waals surface area contributed by atoms with Crippen LogP contribution < -0.4 is 4.74 Å². The van der Waals surface area contributed by atoms with E-state index in [2.05, 4.69) is 17.0 Å². The van der Waals surface area contributed by atoms with Crippen LogP contribution in [0.1, 0.15) is 31.7 Å². The minimum atomic E-state index is -0.164. The van der Waals surface area contributed by atoms with Crippen LogP contribution in [0.4, 0.5) is 4.79 Å². The summed E-state index contributed by atoms with van der Waals surface area (Å²) in [7, 11) is 1.67. The fraction of sp³-hybridized carbons (Fsp3) is 0.556. The van der Waals surface area contributed by atoms with Crippen LogP contribution in [0.15, 0.2) is 24.3 Å². The molecule has 2 aliphatic rings. The van der Waals surface area contributed by atoms with Crippen molar-refractivity contribution in [2.45, 2.75) is 32.2 Å². The van der Waals surface area contributed by atoms with Crippen molar-refractivity contribution in [2.75, 3.05) is 33.4 Å². The molecule has 0 aromatic heterocycles. The summed E-state index contributed by atoms with van der Waals surface area (Å²) in [5, 5.41) is 0. The molecular weight excluding hydrogens is 306 g/mol. The highest BCUT2D eigenvalue weighted by molar-refractivity contribution is 6.02. The van der Waals surface area contributed by atoms with Crippen molar-refractivity contribution in [3.63, 3.8) is 0 Å². The maximum absolute atomic E-state index is 12.4. The molecule has 0 saturated carbocycles. The average molecular weight is 331 g/mol. The molecule has 0 radical (unpaired) electrons. The second-order valence-electron chi connectivity index (χ2n) is 6.82. The second kappa shape index (κ2) is 6.81. The maximum atomic E-state index is 12.4. The van der Waals surface area contributed by atoms with Gasteiger partial charge in [-0.15, -0.1) is 0 Å². The zero-order chi connectivity index (χ0) is 17.3. The van der Waals surface area contributed by atoms with E-state index in [0.29, 0.717) is 12.6 Å². The maximum Gasteiger partial charge on any atom is 0.328 e. The molecule has 0 aliphatic carbocycles. The summed E-state index contributed by atoms with van der Waals surface area (Å²) in [4.78, 5) is 29.6. The first-order valence-electron chi connectivity index (χ1n) is 8.47. The lowest BCUT2D eigenvalue weighted by Gasteiger charge is -2.24. The number of ether oxygens (including phenoxy) is 1. The van der Waals surface area contributed by atoms with Crippen molar-refractivity contribution in [1.82, 2.24) is 14.7 Å². The van der Waals surface area contributed by atoms with Gasteiger partial charge in [-0.1, -0.05) is 12.1 Å². The Kier molecular flexibility index (Phi) is 4.76. The summed E-state index contributed by atoms with van der Waals surface area (Å²) in [6.45, 7) is 6.31. The zero-order valence-electron chi connectivity index (χ0n) is 14.6. The van der Waals surface area contributed by atoms with Gasteiger partial charge in [0.1, 0.15) is 12.3 Å². The molecule has 130 valence electrons. The first-order valence-corrected chi connectivity index (χ1v) is 8.47. The molecule has 2 saturated heterocycles. The monoisotopic (exact) mass is 331 g/mol. The SMILES string of the molecule is COc1ccc(C2CCN(CN3CC(=O)N(C(C)C)C3=O)C2)cc1. The van der Waals surface area contributed by atoms with E-state index in [4.69, 9.17) is 4.74 Å². The number of nitrogens with zero attached hydrogens (tertiary/aromatic N) is 3.